The van der Waals surface area contributed by atoms with E-state index in [-0.39, 0.29) is 16.7 Å². The van der Waals surface area contributed by atoms with Crippen molar-refractivity contribution in [3.63, 3.8) is 0 Å². The highest BCUT2D eigenvalue weighted by atomic mass is 19.1. The van der Waals surface area contributed by atoms with Crippen LogP contribution >= 0.6 is 0 Å². The molecule has 5 aromatic rings. The summed E-state index contributed by atoms with van der Waals surface area (Å²) in [6.45, 7) is 3.98. The highest BCUT2D eigenvalue weighted by Crippen LogP contribution is 2.41. The van der Waals surface area contributed by atoms with E-state index in [1.54, 1.807) is 6.07 Å². The van der Waals surface area contributed by atoms with Crippen molar-refractivity contribution in [2.45, 2.75) is 13.8 Å². The van der Waals surface area contributed by atoms with Gasteiger partial charge in [-0.1, -0.05) is 42.3 Å². The lowest BCUT2D eigenvalue weighted by Gasteiger charge is -2.06. The van der Waals surface area contributed by atoms with E-state index in [1.807, 2.05) is 55.9 Å². The summed E-state index contributed by atoms with van der Waals surface area (Å²) < 4.78 is 64.2. The Balaban J connectivity index is 1.93. The maximum absolute atomic E-state index is 15.3. The standard InChI is InChI=1S/C26H21FNO/c1-16-9-14-22(28(3)15-16)23-17(2)10-11-19-20-12-13-21(27)24(26(20)29-25(19)23)18-7-5-4-6-8-18/h4-15H,1-3H3/q+1/i4D,5D,6D,7D,8D. The first kappa shape index (κ1) is 12.9. The van der Waals surface area contributed by atoms with Gasteiger partial charge in [-0.2, -0.15) is 0 Å². The number of hydrogen-bond acceptors (Lipinski definition) is 1. The van der Waals surface area contributed by atoms with Gasteiger partial charge in [0.2, 0.25) is 5.69 Å². The molecule has 3 aromatic carbocycles. The summed E-state index contributed by atoms with van der Waals surface area (Å²) in [5.74, 6) is -0.718. The number of nitrogens with zero attached hydrogens (tertiary/aromatic N) is 1. The maximum atomic E-state index is 15.3. The molecular weight excluding hydrogens is 361 g/mol. The van der Waals surface area contributed by atoms with Crippen LogP contribution in [0.4, 0.5) is 4.39 Å². The van der Waals surface area contributed by atoms with Crippen LogP contribution in [0.25, 0.3) is 44.3 Å². The van der Waals surface area contributed by atoms with Gasteiger partial charge >= 0.3 is 0 Å². The molecule has 0 saturated heterocycles. The number of hydrogen-bond donors (Lipinski definition) is 0. The SMILES string of the molecule is [2H]c1c([2H])c([2H])c(-c2c(F)ccc3c2oc2c(-c4ccc(C)c[n+]4C)c(C)ccc23)c([2H])c1[2H]. The lowest BCUT2D eigenvalue weighted by atomic mass is 9.98. The molecule has 0 fully saturated rings. The Bertz CT molecular complexity index is 1630. The number of halogens is 1. The Kier molecular flexibility index (Phi) is 2.91. The van der Waals surface area contributed by atoms with Gasteiger partial charge in [-0.05, 0) is 43.2 Å². The molecule has 5 rings (SSSR count). The maximum Gasteiger partial charge on any atom is 0.216 e. The Morgan fingerprint density at radius 1 is 0.862 bits per heavy atom. The van der Waals surface area contributed by atoms with Gasteiger partial charge in [-0.25, -0.2) is 8.96 Å². The number of pyridine rings is 1. The smallest absolute Gasteiger partial charge is 0.216 e. The second-order valence-electron chi connectivity index (χ2n) is 7.24. The summed E-state index contributed by atoms with van der Waals surface area (Å²) in [4.78, 5) is 0. The second kappa shape index (κ2) is 6.56. The average molecular weight is 387 g/mol. The minimum atomic E-state index is -0.718. The minimum Gasteiger partial charge on any atom is -0.454 e. The first-order valence-corrected chi connectivity index (χ1v) is 9.30. The molecule has 0 atom stereocenters. The highest BCUT2D eigenvalue weighted by molar-refractivity contribution is 6.13. The van der Waals surface area contributed by atoms with Crippen molar-refractivity contribution in [1.29, 1.82) is 0 Å². The molecule has 0 spiro atoms. The molecular formula is C26H21FNO+. The van der Waals surface area contributed by atoms with Crippen molar-refractivity contribution in [1.82, 2.24) is 0 Å². The van der Waals surface area contributed by atoms with E-state index >= 15 is 4.39 Å². The molecule has 29 heavy (non-hydrogen) atoms. The van der Waals surface area contributed by atoms with Crippen LogP contribution < -0.4 is 4.57 Å². The Morgan fingerprint density at radius 2 is 1.55 bits per heavy atom. The molecule has 2 nitrogen and oxygen atoms in total. The molecule has 0 amide bonds. The molecule has 0 bridgehead atoms. The summed E-state index contributed by atoms with van der Waals surface area (Å²) in [5, 5.41) is 1.36. The summed E-state index contributed by atoms with van der Waals surface area (Å²) in [6.07, 6.45) is 2.01. The van der Waals surface area contributed by atoms with Crippen LogP contribution in [0.5, 0.6) is 0 Å². The van der Waals surface area contributed by atoms with Crippen molar-refractivity contribution >= 4 is 21.9 Å². The molecule has 142 valence electrons. The van der Waals surface area contributed by atoms with E-state index in [2.05, 4.69) is 0 Å². The zero-order valence-corrected chi connectivity index (χ0v) is 16.3. The van der Waals surface area contributed by atoms with Gasteiger partial charge in [-0.15, -0.1) is 0 Å². The van der Waals surface area contributed by atoms with Gasteiger partial charge in [0, 0.05) is 22.4 Å². The van der Waals surface area contributed by atoms with E-state index in [1.165, 1.54) is 6.07 Å². The van der Waals surface area contributed by atoms with E-state index < -0.39 is 36.0 Å². The Morgan fingerprint density at radius 3 is 2.28 bits per heavy atom. The van der Waals surface area contributed by atoms with Gasteiger partial charge in [-0.3, -0.25) is 0 Å². The van der Waals surface area contributed by atoms with E-state index in [0.717, 1.165) is 27.8 Å². The summed E-state index contributed by atoms with van der Waals surface area (Å²) in [6, 6.07) is 8.22. The number of rotatable bonds is 2. The molecule has 0 unspecified atom stereocenters. The van der Waals surface area contributed by atoms with Gasteiger partial charge in [0.05, 0.1) is 18.0 Å². The number of aromatic nitrogens is 1. The number of furan rings is 1. The number of fused-ring (bicyclic) bond motifs is 3. The van der Waals surface area contributed by atoms with Crippen molar-refractivity contribution in [3.8, 4) is 22.4 Å². The summed E-state index contributed by atoms with van der Waals surface area (Å²) in [7, 11) is 1.95. The second-order valence-corrected chi connectivity index (χ2v) is 7.24. The van der Waals surface area contributed by atoms with Crippen LogP contribution in [0.1, 0.15) is 18.0 Å². The molecule has 0 N–H and O–H groups in total. The fourth-order valence-corrected chi connectivity index (χ4v) is 3.91. The predicted molar refractivity (Wildman–Crippen MR) is 115 cm³/mol. The fraction of sp³-hybridized carbons (Fsp3) is 0.115. The molecule has 0 aliphatic heterocycles. The van der Waals surface area contributed by atoms with Gasteiger partial charge in [0.25, 0.3) is 0 Å². The third-order valence-corrected chi connectivity index (χ3v) is 5.25. The molecule has 3 heteroatoms. The monoisotopic (exact) mass is 387 g/mol. The number of benzene rings is 3. The molecule has 2 heterocycles. The summed E-state index contributed by atoms with van der Waals surface area (Å²) >= 11 is 0. The third kappa shape index (κ3) is 2.73. The summed E-state index contributed by atoms with van der Waals surface area (Å²) in [5.41, 5.74) is 4.18. The lowest BCUT2D eigenvalue weighted by Crippen LogP contribution is -2.31. The zero-order valence-electron chi connectivity index (χ0n) is 21.3. The molecule has 0 saturated carbocycles. The van der Waals surface area contributed by atoms with E-state index in [4.69, 9.17) is 11.3 Å². The first-order valence-electron chi connectivity index (χ1n) is 11.8. The normalized spacial score (nSPS) is 13.9. The van der Waals surface area contributed by atoms with Crippen molar-refractivity contribution in [3.05, 3.63) is 89.8 Å². The molecule has 2 aromatic heterocycles. The predicted octanol–water partition coefficient (Wildman–Crippen LogP) is 6.50. The minimum absolute atomic E-state index is 0.136. The number of aryl methyl sites for hydroxylation is 3. The molecule has 0 radical (unpaired) electrons. The molecule has 0 aliphatic rings. The van der Waals surface area contributed by atoms with Gasteiger partial charge in [0.15, 0.2) is 6.20 Å². The van der Waals surface area contributed by atoms with Gasteiger partial charge < -0.3 is 4.42 Å². The topological polar surface area (TPSA) is 17.0 Å². The largest absolute Gasteiger partial charge is 0.454 e. The van der Waals surface area contributed by atoms with Crippen LogP contribution in [-0.2, 0) is 7.05 Å². The first-order chi connectivity index (χ1) is 16.1. The van der Waals surface area contributed by atoms with E-state index in [9.17, 15) is 0 Å². The quantitative estimate of drug-likeness (QED) is 0.316. The van der Waals surface area contributed by atoms with Crippen LogP contribution in [0.2, 0.25) is 0 Å². The fourth-order valence-electron chi connectivity index (χ4n) is 3.91. The van der Waals surface area contributed by atoms with Crippen molar-refractivity contribution in [2.75, 3.05) is 0 Å². The van der Waals surface area contributed by atoms with Crippen LogP contribution in [-0.4, -0.2) is 0 Å². The van der Waals surface area contributed by atoms with Crippen LogP contribution in [0.3, 0.4) is 0 Å². The Hall–Kier alpha value is -3.46. The van der Waals surface area contributed by atoms with E-state index in [0.29, 0.717) is 11.0 Å². The molecule has 0 aliphatic carbocycles. The van der Waals surface area contributed by atoms with Crippen molar-refractivity contribution in [2.24, 2.45) is 7.05 Å². The van der Waals surface area contributed by atoms with Gasteiger partial charge in [0.1, 0.15) is 24.0 Å². The highest BCUT2D eigenvalue weighted by Gasteiger charge is 2.23. The Labute approximate surface area is 175 Å². The lowest BCUT2D eigenvalue weighted by molar-refractivity contribution is -0.660. The van der Waals surface area contributed by atoms with Crippen molar-refractivity contribution < 1.29 is 20.2 Å². The van der Waals surface area contributed by atoms with Crippen LogP contribution in [0.15, 0.2) is 77.2 Å². The van der Waals surface area contributed by atoms with Crippen LogP contribution in [0, 0.1) is 19.7 Å². The average Bonchev–Trinajstić information content (AvgIpc) is 3.17. The zero-order chi connectivity index (χ0) is 24.5. The third-order valence-electron chi connectivity index (χ3n) is 5.25.